The fraction of sp³-hybridized carbons (Fsp3) is 0.333. The van der Waals surface area contributed by atoms with Crippen LogP contribution < -0.4 is 0 Å². The summed E-state index contributed by atoms with van der Waals surface area (Å²) in [5.74, 6) is 0.582. The van der Waals surface area contributed by atoms with Crippen LogP contribution in [0.2, 0.25) is 0 Å². The minimum absolute atomic E-state index is 0.462. The zero-order chi connectivity index (χ0) is 21.8. The van der Waals surface area contributed by atoms with Crippen LogP contribution in [-0.2, 0) is 16.4 Å². The first-order valence-electron chi connectivity index (χ1n) is 11.2. The Morgan fingerprint density at radius 3 is 2.16 bits per heavy atom. The highest BCUT2D eigenvalue weighted by atomic mass is 32.2. The fourth-order valence-corrected chi connectivity index (χ4v) is 6.21. The maximum Gasteiger partial charge on any atom is 0.243 e. The van der Waals surface area contributed by atoms with Gasteiger partial charge in [-0.05, 0) is 79.3 Å². The number of hydrogen-bond acceptors (Lipinski definition) is 2. The molecule has 0 unspecified atom stereocenters. The lowest BCUT2D eigenvalue weighted by atomic mass is 9.91. The molecular formula is C27H31NO2S. The summed E-state index contributed by atoms with van der Waals surface area (Å²) in [5.41, 5.74) is 5.65. The van der Waals surface area contributed by atoms with Gasteiger partial charge in [0.2, 0.25) is 10.0 Å². The third kappa shape index (κ3) is 5.08. The normalized spacial score (nSPS) is 15.8. The summed E-state index contributed by atoms with van der Waals surface area (Å²) in [6.07, 6.45) is 4.03. The van der Waals surface area contributed by atoms with E-state index < -0.39 is 10.0 Å². The van der Waals surface area contributed by atoms with Crippen molar-refractivity contribution in [2.75, 3.05) is 13.1 Å². The topological polar surface area (TPSA) is 37.4 Å². The summed E-state index contributed by atoms with van der Waals surface area (Å²) < 4.78 is 27.9. The summed E-state index contributed by atoms with van der Waals surface area (Å²) in [6.45, 7) is 5.06. The van der Waals surface area contributed by atoms with Crippen LogP contribution >= 0.6 is 0 Å². The van der Waals surface area contributed by atoms with Gasteiger partial charge in [-0.2, -0.15) is 4.31 Å². The van der Waals surface area contributed by atoms with Crippen LogP contribution in [0.25, 0.3) is 11.1 Å². The second kappa shape index (κ2) is 9.37. The quantitative estimate of drug-likeness (QED) is 0.478. The summed E-state index contributed by atoms with van der Waals surface area (Å²) in [4.78, 5) is 0.462. The van der Waals surface area contributed by atoms with Gasteiger partial charge in [-0.15, -0.1) is 0 Å². The molecule has 0 N–H and O–H groups in total. The summed E-state index contributed by atoms with van der Waals surface area (Å²) in [7, 11) is -3.40. The van der Waals surface area contributed by atoms with Crippen LogP contribution in [0, 0.1) is 19.8 Å². The van der Waals surface area contributed by atoms with Gasteiger partial charge in [0, 0.05) is 13.1 Å². The lowest BCUT2D eigenvalue weighted by Gasteiger charge is -2.31. The minimum Gasteiger partial charge on any atom is -0.207 e. The summed E-state index contributed by atoms with van der Waals surface area (Å²) >= 11 is 0. The first kappa shape index (κ1) is 21.8. The van der Waals surface area contributed by atoms with Gasteiger partial charge in [0.25, 0.3) is 0 Å². The number of nitrogens with zero attached hydrogens (tertiary/aromatic N) is 1. The predicted octanol–water partition coefficient (Wildman–Crippen LogP) is 6.00. The van der Waals surface area contributed by atoms with E-state index in [1.165, 1.54) is 16.7 Å². The Labute approximate surface area is 186 Å². The second-order valence-corrected chi connectivity index (χ2v) is 10.6. The largest absolute Gasteiger partial charge is 0.243 e. The van der Waals surface area contributed by atoms with Gasteiger partial charge in [-0.3, -0.25) is 0 Å². The maximum atomic E-state index is 13.1. The van der Waals surface area contributed by atoms with E-state index in [1.54, 1.807) is 10.4 Å². The van der Waals surface area contributed by atoms with E-state index in [0.29, 0.717) is 23.9 Å². The van der Waals surface area contributed by atoms with Gasteiger partial charge < -0.3 is 0 Å². The summed E-state index contributed by atoms with van der Waals surface area (Å²) in [6, 6.07) is 25.0. The molecule has 1 aliphatic rings. The van der Waals surface area contributed by atoms with Crippen LogP contribution in [0.1, 0.15) is 36.0 Å². The predicted molar refractivity (Wildman–Crippen MR) is 128 cm³/mol. The van der Waals surface area contributed by atoms with Gasteiger partial charge in [0.15, 0.2) is 0 Å². The van der Waals surface area contributed by atoms with Crippen molar-refractivity contribution in [1.29, 1.82) is 0 Å². The van der Waals surface area contributed by atoms with Crippen molar-refractivity contribution in [2.24, 2.45) is 5.92 Å². The molecule has 0 bridgehead atoms. The molecular weight excluding hydrogens is 402 g/mol. The SMILES string of the molecule is Cc1ccc(C)c(S(=O)(=O)N2CCC(CCc3ccc(-c4ccccc4)cc3)CC2)c1. The molecule has 0 radical (unpaired) electrons. The van der Waals surface area contributed by atoms with Crippen molar-refractivity contribution in [1.82, 2.24) is 4.31 Å². The molecule has 3 nitrogen and oxygen atoms in total. The Balaban J connectivity index is 1.32. The van der Waals surface area contributed by atoms with Gasteiger partial charge in [-0.25, -0.2) is 8.42 Å². The van der Waals surface area contributed by atoms with Gasteiger partial charge in [0.05, 0.1) is 4.90 Å². The number of benzene rings is 3. The molecule has 0 aliphatic carbocycles. The number of sulfonamides is 1. The molecule has 0 saturated carbocycles. The number of rotatable bonds is 6. The Hall–Kier alpha value is -2.43. The monoisotopic (exact) mass is 433 g/mol. The van der Waals surface area contributed by atoms with Crippen molar-refractivity contribution >= 4 is 10.0 Å². The lowest BCUT2D eigenvalue weighted by Crippen LogP contribution is -2.38. The van der Waals surface area contributed by atoms with Crippen molar-refractivity contribution in [3.8, 4) is 11.1 Å². The highest BCUT2D eigenvalue weighted by Gasteiger charge is 2.30. The van der Waals surface area contributed by atoms with E-state index in [0.717, 1.165) is 36.8 Å². The molecule has 0 spiro atoms. The standard InChI is InChI=1S/C27H31NO2S/c1-21-8-9-22(2)27(20-21)31(29,30)28-18-16-24(17-19-28)11-10-23-12-14-26(15-13-23)25-6-4-3-5-7-25/h3-9,12-15,20,24H,10-11,16-19H2,1-2H3. The summed E-state index contributed by atoms with van der Waals surface area (Å²) in [5, 5.41) is 0. The first-order chi connectivity index (χ1) is 14.9. The molecule has 162 valence electrons. The zero-order valence-electron chi connectivity index (χ0n) is 18.4. The Morgan fingerprint density at radius 2 is 1.48 bits per heavy atom. The smallest absolute Gasteiger partial charge is 0.207 e. The van der Waals surface area contributed by atoms with Crippen LogP contribution in [0.3, 0.4) is 0 Å². The van der Waals surface area contributed by atoms with E-state index in [2.05, 4.69) is 48.5 Å². The second-order valence-electron chi connectivity index (χ2n) is 8.72. The molecule has 0 aromatic heterocycles. The van der Waals surface area contributed by atoms with E-state index >= 15 is 0 Å². The molecule has 0 atom stereocenters. The molecule has 1 saturated heterocycles. The third-order valence-electron chi connectivity index (χ3n) is 6.44. The van der Waals surface area contributed by atoms with E-state index in [4.69, 9.17) is 0 Å². The highest BCUT2D eigenvalue weighted by Crippen LogP contribution is 2.29. The molecule has 31 heavy (non-hydrogen) atoms. The minimum atomic E-state index is -3.40. The molecule has 4 rings (SSSR count). The van der Waals surface area contributed by atoms with Gasteiger partial charge >= 0.3 is 0 Å². The van der Waals surface area contributed by atoms with E-state index in [1.807, 2.05) is 32.0 Å². The van der Waals surface area contributed by atoms with Crippen LogP contribution in [0.5, 0.6) is 0 Å². The molecule has 3 aromatic carbocycles. The average molecular weight is 434 g/mol. The molecule has 0 amide bonds. The zero-order valence-corrected chi connectivity index (χ0v) is 19.2. The molecule has 3 aromatic rings. The van der Waals surface area contributed by atoms with Crippen molar-refractivity contribution in [3.05, 3.63) is 89.5 Å². The van der Waals surface area contributed by atoms with Crippen molar-refractivity contribution in [3.63, 3.8) is 0 Å². The number of piperidine rings is 1. The van der Waals surface area contributed by atoms with Crippen LogP contribution in [-0.4, -0.2) is 25.8 Å². The number of aryl methyl sites for hydroxylation is 3. The van der Waals surface area contributed by atoms with E-state index in [9.17, 15) is 8.42 Å². The molecule has 4 heteroatoms. The molecule has 1 aliphatic heterocycles. The Bertz CT molecular complexity index is 1110. The highest BCUT2D eigenvalue weighted by molar-refractivity contribution is 7.89. The van der Waals surface area contributed by atoms with Crippen LogP contribution in [0.15, 0.2) is 77.7 Å². The maximum absolute atomic E-state index is 13.1. The lowest BCUT2D eigenvalue weighted by molar-refractivity contribution is 0.263. The Morgan fingerprint density at radius 1 is 0.839 bits per heavy atom. The Kier molecular flexibility index (Phi) is 6.59. The molecule has 1 fully saturated rings. The van der Waals surface area contributed by atoms with Gasteiger partial charge in [0.1, 0.15) is 0 Å². The van der Waals surface area contributed by atoms with Crippen molar-refractivity contribution < 1.29 is 8.42 Å². The first-order valence-corrected chi connectivity index (χ1v) is 12.6. The third-order valence-corrected chi connectivity index (χ3v) is 8.48. The van der Waals surface area contributed by atoms with Crippen LogP contribution in [0.4, 0.5) is 0 Å². The molecule has 1 heterocycles. The average Bonchev–Trinajstić information content (AvgIpc) is 2.80. The number of hydrogen-bond donors (Lipinski definition) is 0. The van der Waals surface area contributed by atoms with Gasteiger partial charge in [-0.1, -0.05) is 66.7 Å². The fourth-order valence-electron chi connectivity index (χ4n) is 4.43. The van der Waals surface area contributed by atoms with E-state index in [-0.39, 0.29) is 0 Å². The van der Waals surface area contributed by atoms with Crippen molar-refractivity contribution in [2.45, 2.75) is 44.4 Å².